The molecular formula is C14H15N3Y. The summed E-state index contributed by atoms with van der Waals surface area (Å²) in [6, 6.07) is 4.11. The molecule has 1 radical (unpaired) electrons. The quantitative estimate of drug-likeness (QED) is 0.638. The van der Waals surface area contributed by atoms with Crippen LogP contribution in [0.1, 0.15) is 22.5 Å². The van der Waals surface area contributed by atoms with Crippen LogP contribution >= 0.6 is 0 Å². The van der Waals surface area contributed by atoms with Gasteiger partial charge in [0.15, 0.2) is 0 Å². The maximum atomic E-state index is 4.65. The molecule has 0 unspecified atom stereocenters. The van der Waals surface area contributed by atoms with Gasteiger partial charge in [-0.25, -0.2) is 9.97 Å². The van der Waals surface area contributed by atoms with E-state index in [0.717, 1.165) is 17.0 Å². The number of nitrogens with zero attached hydrogens (tertiary/aromatic N) is 3. The first-order chi connectivity index (χ1) is 8.11. The molecule has 3 aromatic heterocycles. The molecule has 4 heteroatoms. The minimum absolute atomic E-state index is 0. The summed E-state index contributed by atoms with van der Waals surface area (Å²) < 4.78 is 2.16. The predicted molar refractivity (Wildman–Crippen MR) is 69.4 cm³/mol. The summed E-state index contributed by atoms with van der Waals surface area (Å²) in [5.41, 5.74) is 6.79. The third-order valence-corrected chi connectivity index (χ3v) is 3.64. The molecule has 0 bridgehead atoms. The van der Waals surface area contributed by atoms with Crippen LogP contribution in [0, 0.1) is 27.7 Å². The zero-order valence-electron chi connectivity index (χ0n) is 11.2. The summed E-state index contributed by atoms with van der Waals surface area (Å²) in [5, 5.41) is 1.21. The third-order valence-electron chi connectivity index (χ3n) is 3.64. The summed E-state index contributed by atoms with van der Waals surface area (Å²) in [4.78, 5) is 9.15. The SMILES string of the molecule is Cc1nc2c(C)c(C)c3cccnc3n2c1C.[Y]. The largest absolute Gasteiger partial charge is 0.281 e. The molecule has 0 saturated carbocycles. The Labute approximate surface area is 132 Å². The minimum atomic E-state index is 0. The molecule has 0 aromatic carbocycles. The van der Waals surface area contributed by atoms with Crippen molar-refractivity contribution in [1.29, 1.82) is 0 Å². The fourth-order valence-electron chi connectivity index (χ4n) is 2.36. The van der Waals surface area contributed by atoms with Gasteiger partial charge >= 0.3 is 0 Å². The maximum Gasteiger partial charge on any atom is 0.146 e. The fourth-order valence-corrected chi connectivity index (χ4v) is 2.36. The Morgan fingerprint density at radius 3 is 2.44 bits per heavy atom. The van der Waals surface area contributed by atoms with E-state index in [-0.39, 0.29) is 32.7 Å². The van der Waals surface area contributed by atoms with Gasteiger partial charge in [0.2, 0.25) is 0 Å². The zero-order valence-corrected chi connectivity index (χ0v) is 14.0. The first-order valence-corrected chi connectivity index (χ1v) is 5.81. The molecular weight excluding hydrogens is 299 g/mol. The summed E-state index contributed by atoms with van der Waals surface area (Å²) in [6.07, 6.45) is 1.84. The smallest absolute Gasteiger partial charge is 0.146 e. The maximum absolute atomic E-state index is 4.65. The van der Waals surface area contributed by atoms with Crippen molar-refractivity contribution in [2.24, 2.45) is 0 Å². The molecule has 18 heavy (non-hydrogen) atoms. The summed E-state index contributed by atoms with van der Waals surface area (Å²) >= 11 is 0. The van der Waals surface area contributed by atoms with Gasteiger partial charge in [-0.3, -0.25) is 4.40 Å². The fraction of sp³-hybridized carbons (Fsp3) is 0.286. The number of aromatic nitrogens is 3. The number of hydrogen-bond acceptors (Lipinski definition) is 2. The summed E-state index contributed by atoms with van der Waals surface area (Å²) in [7, 11) is 0. The second kappa shape index (κ2) is 4.71. The van der Waals surface area contributed by atoms with Gasteiger partial charge < -0.3 is 0 Å². The van der Waals surface area contributed by atoms with E-state index < -0.39 is 0 Å². The van der Waals surface area contributed by atoms with Gasteiger partial charge in [-0.1, -0.05) is 0 Å². The average Bonchev–Trinajstić information content (AvgIpc) is 2.63. The average molecular weight is 314 g/mol. The van der Waals surface area contributed by atoms with Gasteiger partial charge in [0.25, 0.3) is 0 Å². The van der Waals surface area contributed by atoms with Crippen molar-refractivity contribution in [3.8, 4) is 0 Å². The first-order valence-electron chi connectivity index (χ1n) is 5.81. The van der Waals surface area contributed by atoms with E-state index in [4.69, 9.17) is 0 Å². The molecule has 3 nitrogen and oxygen atoms in total. The standard InChI is InChI=1S/C14H15N3.Y/c1-8-9(2)13-16-10(3)11(4)17(13)14-12(8)6-5-7-15-14;/h5-7H,1-4H3;. The summed E-state index contributed by atoms with van der Waals surface area (Å²) in [6.45, 7) is 8.41. The van der Waals surface area contributed by atoms with Crippen molar-refractivity contribution in [1.82, 2.24) is 14.4 Å². The van der Waals surface area contributed by atoms with Gasteiger partial charge in [-0.05, 0) is 51.0 Å². The third kappa shape index (κ3) is 1.72. The van der Waals surface area contributed by atoms with E-state index in [9.17, 15) is 0 Å². The van der Waals surface area contributed by atoms with Crippen molar-refractivity contribution in [3.63, 3.8) is 0 Å². The van der Waals surface area contributed by atoms with E-state index in [2.05, 4.69) is 41.2 Å². The van der Waals surface area contributed by atoms with E-state index in [1.165, 1.54) is 22.2 Å². The molecule has 0 saturated heterocycles. The number of rotatable bonds is 0. The Kier molecular flexibility index (Phi) is 3.57. The van der Waals surface area contributed by atoms with Crippen molar-refractivity contribution in [2.45, 2.75) is 27.7 Å². The summed E-state index contributed by atoms with van der Waals surface area (Å²) in [5.74, 6) is 0. The van der Waals surface area contributed by atoms with Crippen molar-refractivity contribution >= 4 is 16.7 Å². The van der Waals surface area contributed by atoms with Crippen LogP contribution in [0.25, 0.3) is 16.7 Å². The number of fused-ring (bicyclic) bond motifs is 3. The number of hydrogen-bond donors (Lipinski definition) is 0. The topological polar surface area (TPSA) is 30.2 Å². The van der Waals surface area contributed by atoms with Crippen LogP contribution in [0.2, 0.25) is 0 Å². The van der Waals surface area contributed by atoms with Gasteiger partial charge in [-0.2, -0.15) is 0 Å². The second-order valence-electron chi connectivity index (χ2n) is 4.57. The van der Waals surface area contributed by atoms with Crippen molar-refractivity contribution in [2.75, 3.05) is 0 Å². The molecule has 0 amide bonds. The van der Waals surface area contributed by atoms with Crippen LogP contribution in [-0.4, -0.2) is 14.4 Å². The molecule has 3 rings (SSSR count). The Morgan fingerprint density at radius 1 is 1.00 bits per heavy atom. The number of imidazole rings is 1. The normalized spacial score (nSPS) is 10.9. The van der Waals surface area contributed by atoms with E-state index in [0.29, 0.717) is 0 Å². The molecule has 3 aromatic rings. The minimum Gasteiger partial charge on any atom is -0.281 e. The Bertz CT molecular complexity index is 744. The molecule has 0 aliphatic carbocycles. The monoisotopic (exact) mass is 314 g/mol. The van der Waals surface area contributed by atoms with Gasteiger partial charge in [0.1, 0.15) is 11.3 Å². The van der Waals surface area contributed by atoms with Crippen LogP contribution in [0.3, 0.4) is 0 Å². The Balaban J connectivity index is 0.00000120. The first kappa shape index (κ1) is 13.6. The Morgan fingerprint density at radius 2 is 1.72 bits per heavy atom. The van der Waals surface area contributed by atoms with Crippen molar-refractivity contribution in [3.05, 3.63) is 40.8 Å². The van der Waals surface area contributed by atoms with E-state index >= 15 is 0 Å². The van der Waals surface area contributed by atoms with Crippen LogP contribution < -0.4 is 0 Å². The van der Waals surface area contributed by atoms with Gasteiger partial charge in [-0.15, -0.1) is 0 Å². The molecule has 89 valence electrons. The van der Waals surface area contributed by atoms with E-state index in [1.807, 2.05) is 19.2 Å². The predicted octanol–water partition coefficient (Wildman–Crippen LogP) is 3.11. The second-order valence-corrected chi connectivity index (χ2v) is 4.57. The van der Waals surface area contributed by atoms with Crippen LogP contribution in [0.15, 0.2) is 18.3 Å². The molecule has 0 spiro atoms. The Hall–Kier alpha value is -0.796. The van der Waals surface area contributed by atoms with Crippen LogP contribution in [0.5, 0.6) is 0 Å². The van der Waals surface area contributed by atoms with Gasteiger partial charge in [0.05, 0.1) is 5.69 Å². The molecule has 0 N–H and O–H groups in total. The van der Waals surface area contributed by atoms with Gasteiger partial charge in [0, 0.05) is 50.0 Å². The van der Waals surface area contributed by atoms with E-state index in [1.54, 1.807) is 0 Å². The molecule has 0 aliphatic rings. The van der Waals surface area contributed by atoms with Crippen LogP contribution in [-0.2, 0) is 32.7 Å². The number of pyridine rings is 2. The van der Waals surface area contributed by atoms with Crippen LogP contribution in [0.4, 0.5) is 0 Å². The van der Waals surface area contributed by atoms with Crippen molar-refractivity contribution < 1.29 is 32.7 Å². The number of aryl methyl sites for hydroxylation is 4. The molecule has 0 aliphatic heterocycles. The zero-order chi connectivity index (χ0) is 12.2. The molecule has 3 heterocycles. The molecule has 0 fully saturated rings. The molecule has 0 atom stereocenters.